The lowest BCUT2D eigenvalue weighted by Crippen LogP contribution is -2.15. The predicted octanol–water partition coefficient (Wildman–Crippen LogP) is 2.87. The Hall–Kier alpha value is -2.23. The summed E-state index contributed by atoms with van der Waals surface area (Å²) in [6.45, 7) is 9.56. The van der Waals surface area contributed by atoms with Gasteiger partial charge in [0, 0.05) is 5.56 Å². The van der Waals surface area contributed by atoms with E-state index < -0.39 is 45.9 Å². The maximum absolute atomic E-state index is 11.9. The van der Waals surface area contributed by atoms with Crippen molar-refractivity contribution >= 4 is 27.6 Å². The lowest BCUT2D eigenvalue weighted by Gasteiger charge is -2.20. The smallest absolute Gasteiger partial charge is 0.463 e. The van der Waals surface area contributed by atoms with Crippen LogP contribution in [0.2, 0.25) is 0 Å². The molecule has 0 fully saturated rings. The quantitative estimate of drug-likeness (QED) is 0.193. The predicted molar refractivity (Wildman–Crippen MR) is 117 cm³/mol. The second kappa shape index (κ2) is 13.5. The molecule has 0 aliphatic rings. The summed E-state index contributed by atoms with van der Waals surface area (Å²) in [5, 5.41) is 0. The van der Waals surface area contributed by atoms with Crippen LogP contribution in [0.25, 0.3) is 0 Å². The monoisotopic (exact) mass is 505 g/mol. The third-order valence-corrected chi connectivity index (χ3v) is 5.88. The van der Waals surface area contributed by atoms with Crippen LogP contribution in [-0.4, -0.2) is 53.0 Å². The van der Waals surface area contributed by atoms with E-state index >= 15 is 0 Å². The molecule has 3 N–H and O–H groups in total. The Balaban J connectivity index is 2.98. The molecule has 0 heterocycles. The average molecular weight is 505 g/mol. The lowest BCUT2D eigenvalue weighted by atomic mass is 10.1. The van der Waals surface area contributed by atoms with Crippen LogP contribution in [-0.2, 0) is 37.7 Å². The van der Waals surface area contributed by atoms with E-state index in [1.165, 1.54) is 24.3 Å². The Kier molecular flexibility index (Phi) is 11.8. The molecule has 1 aromatic rings. The molecule has 0 saturated carbocycles. The Morgan fingerprint density at radius 1 is 0.939 bits per heavy atom. The van der Waals surface area contributed by atoms with Gasteiger partial charge in [0.25, 0.3) is 0 Å². The normalized spacial score (nSPS) is 13.5. The first-order valence-electron chi connectivity index (χ1n) is 9.65. The molecule has 0 aromatic heterocycles. The standard InChI is InChI=1S/C20H26O11P2/c1-5-28-17(21)13(3)11-30-19(32(23)24)15-7-9-16(10-8-15)20(33(25,26)27)31-12-14(4)18(22)29-6-2/h7-10,19-20H,3-6,11-12H2,1-2H3,(H2-,23,24,25,26,27)/p+1. The van der Waals surface area contributed by atoms with Crippen molar-refractivity contribution in [3.8, 4) is 0 Å². The Morgan fingerprint density at radius 3 is 1.76 bits per heavy atom. The molecular formula is C20H27O11P2+. The zero-order chi connectivity index (χ0) is 25.2. The van der Waals surface area contributed by atoms with Crippen molar-refractivity contribution in [1.29, 1.82) is 0 Å². The fourth-order valence-electron chi connectivity index (χ4n) is 2.44. The van der Waals surface area contributed by atoms with Gasteiger partial charge < -0.3 is 28.7 Å². The summed E-state index contributed by atoms with van der Waals surface area (Å²) in [7, 11) is -7.70. The molecule has 3 atom stereocenters. The highest BCUT2D eigenvalue weighted by molar-refractivity contribution is 7.52. The van der Waals surface area contributed by atoms with Gasteiger partial charge >= 0.3 is 33.4 Å². The molecule has 1 rings (SSSR count). The number of rotatable bonds is 14. The first-order chi connectivity index (χ1) is 15.4. The SMILES string of the molecule is C=C(COC(c1ccc(C(OCC(=C)C(=O)OCC)P(=O)(O)O)cc1)[P+](=O)O)C(=O)OCC. The summed E-state index contributed by atoms with van der Waals surface area (Å²) in [5.74, 6) is -4.51. The summed E-state index contributed by atoms with van der Waals surface area (Å²) in [4.78, 5) is 52.2. The molecule has 0 bridgehead atoms. The summed E-state index contributed by atoms with van der Waals surface area (Å²) >= 11 is 0. The highest BCUT2D eigenvalue weighted by Gasteiger charge is 2.35. The minimum absolute atomic E-state index is 0.0478. The van der Waals surface area contributed by atoms with Crippen LogP contribution < -0.4 is 0 Å². The molecule has 13 heteroatoms. The molecule has 0 aliphatic heterocycles. The van der Waals surface area contributed by atoms with Gasteiger partial charge in [-0.1, -0.05) is 37.4 Å². The molecule has 11 nitrogen and oxygen atoms in total. The topological polar surface area (TPSA) is 166 Å². The second-order valence-electron chi connectivity index (χ2n) is 6.53. The Bertz CT molecular complexity index is 920. The Morgan fingerprint density at radius 2 is 1.36 bits per heavy atom. The van der Waals surface area contributed by atoms with E-state index in [4.69, 9.17) is 18.9 Å². The van der Waals surface area contributed by atoms with Crippen molar-refractivity contribution in [3.05, 3.63) is 59.7 Å². The van der Waals surface area contributed by atoms with E-state index in [-0.39, 0.29) is 42.1 Å². The third kappa shape index (κ3) is 9.27. The summed E-state index contributed by atoms with van der Waals surface area (Å²) in [6, 6.07) is 5.20. The number of esters is 2. The largest absolute Gasteiger partial charge is 0.543 e. The van der Waals surface area contributed by atoms with Crippen molar-refractivity contribution in [2.24, 2.45) is 0 Å². The van der Waals surface area contributed by atoms with Crippen LogP contribution in [0.3, 0.4) is 0 Å². The number of benzene rings is 1. The molecule has 33 heavy (non-hydrogen) atoms. The highest BCUT2D eigenvalue weighted by Crippen LogP contribution is 2.53. The van der Waals surface area contributed by atoms with E-state index in [1.807, 2.05) is 0 Å². The number of carbonyl (C=O) groups excluding carboxylic acids is 2. The maximum Gasteiger partial charge on any atom is 0.543 e. The molecule has 0 radical (unpaired) electrons. The fraction of sp³-hybridized carbons (Fsp3) is 0.400. The first kappa shape index (κ1) is 28.8. The van der Waals surface area contributed by atoms with Gasteiger partial charge in [-0.3, -0.25) is 4.57 Å². The lowest BCUT2D eigenvalue weighted by molar-refractivity contribution is -0.140. The van der Waals surface area contributed by atoms with E-state index in [1.54, 1.807) is 13.8 Å². The van der Waals surface area contributed by atoms with Gasteiger partial charge in [0.1, 0.15) is 0 Å². The van der Waals surface area contributed by atoms with Crippen molar-refractivity contribution < 1.29 is 52.3 Å². The second-order valence-corrected chi connectivity index (χ2v) is 9.25. The Labute approximate surface area is 192 Å². The van der Waals surface area contributed by atoms with Gasteiger partial charge in [0.2, 0.25) is 0 Å². The zero-order valence-electron chi connectivity index (χ0n) is 18.2. The summed E-state index contributed by atoms with van der Waals surface area (Å²) in [5.41, 5.74) is 0.0811. The van der Waals surface area contributed by atoms with Crippen LogP contribution in [0.15, 0.2) is 48.6 Å². The van der Waals surface area contributed by atoms with Gasteiger partial charge in [-0.2, -0.15) is 4.89 Å². The number of hydrogen-bond acceptors (Lipinski definition) is 8. The zero-order valence-corrected chi connectivity index (χ0v) is 20.0. The molecular weight excluding hydrogens is 478 g/mol. The minimum atomic E-state index is -4.82. The fourth-order valence-corrected chi connectivity index (χ4v) is 3.90. The number of hydrogen-bond donors (Lipinski definition) is 3. The molecule has 1 aromatic carbocycles. The van der Waals surface area contributed by atoms with Crippen molar-refractivity contribution in [3.63, 3.8) is 0 Å². The molecule has 0 amide bonds. The third-order valence-electron chi connectivity index (χ3n) is 3.97. The van der Waals surface area contributed by atoms with Gasteiger partial charge in [-0.15, -0.1) is 0 Å². The van der Waals surface area contributed by atoms with E-state index in [9.17, 15) is 33.4 Å². The van der Waals surface area contributed by atoms with Gasteiger partial charge in [0.05, 0.1) is 37.6 Å². The van der Waals surface area contributed by atoms with Crippen LogP contribution in [0.5, 0.6) is 0 Å². The average Bonchev–Trinajstić information content (AvgIpc) is 2.73. The molecule has 182 valence electrons. The number of ether oxygens (including phenoxy) is 4. The van der Waals surface area contributed by atoms with E-state index in [0.29, 0.717) is 0 Å². The highest BCUT2D eigenvalue weighted by atomic mass is 31.2. The summed E-state index contributed by atoms with van der Waals surface area (Å²) < 4.78 is 43.8. The minimum Gasteiger partial charge on any atom is -0.463 e. The van der Waals surface area contributed by atoms with Crippen LogP contribution in [0.4, 0.5) is 0 Å². The van der Waals surface area contributed by atoms with E-state index in [0.717, 1.165) is 0 Å². The van der Waals surface area contributed by atoms with Crippen LogP contribution in [0, 0.1) is 0 Å². The number of carbonyl (C=O) groups is 2. The van der Waals surface area contributed by atoms with Crippen molar-refractivity contribution in [2.45, 2.75) is 25.5 Å². The molecule has 0 aliphatic carbocycles. The van der Waals surface area contributed by atoms with Gasteiger partial charge in [-0.25, -0.2) is 9.59 Å². The molecule has 0 saturated heterocycles. The van der Waals surface area contributed by atoms with Crippen LogP contribution >= 0.6 is 15.6 Å². The first-order valence-corrected chi connectivity index (χ1v) is 12.6. The van der Waals surface area contributed by atoms with Crippen molar-refractivity contribution in [2.75, 3.05) is 26.4 Å². The maximum atomic E-state index is 11.9. The summed E-state index contributed by atoms with van der Waals surface area (Å²) in [6.07, 6.45) is 0. The van der Waals surface area contributed by atoms with Gasteiger partial charge in [0.15, 0.2) is 5.85 Å². The van der Waals surface area contributed by atoms with Crippen LogP contribution in [0.1, 0.15) is 36.7 Å². The molecule has 0 spiro atoms. The molecule has 3 unspecified atom stereocenters. The van der Waals surface area contributed by atoms with Crippen molar-refractivity contribution in [1.82, 2.24) is 0 Å². The van der Waals surface area contributed by atoms with Gasteiger partial charge in [-0.05, 0) is 24.0 Å². The van der Waals surface area contributed by atoms with E-state index in [2.05, 4.69) is 13.2 Å².